The molecule has 0 radical (unpaired) electrons. The molecular weight excluding hydrogens is 494 g/mol. The van der Waals surface area contributed by atoms with E-state index in [4.69, 9.17) is 11.5 Å². The van der Waals surface area contributed by atoms with Crippen molar-refractivity contribution >= 4 is 17.6 Å². The number of nitrogens with zero attached hydrogens (tertiary/aromatic N) is 5. The number of anilines is 1. The van der Waals surface area contributed by atoms with Gasteiger partial charge in [-0.1, -0.05) is 18.7 Å². The first-order valence-corrected chi connectivity index (χ1v) is 11.5. The maximum Gasteiger partial charge on any atom is 0.419 e. The Morgan fingerprint density at radius 2 is 1.97 bits per heavy atom. The van der Waals surface area contributed by atoms with E-state index in [0.29, 0.717) is 44.0 Å². The highest BCUT2D eigenvalue weighted by molar-refractivity contribution is 6.03. The maximum absolute atomic E-state index is 14.5. The molecule has 0 spiro atoms. The quantitative estimate of drug-likeness (QED) is 0.382. The summed E-state index contributed by atoms with van der Waals surface area (Å²) in [5, 5.41) is 8.63. The molecule has 9 nitrogen and oxygen atoms in total. The van der Waals surface area contributed by atoms with E-state index >= 15 is 0 Å². The summed E-state index contributed by atoms with van der Waals surface area (Å²) in [5.41, 5.74) is 10.8. The number of nitrogen functional groups attached to an aromatic ring is 1. The average molecular weight is 520 g/mol. The van der Waals surface area contributed by atoms with E-state index in [1.807, 2.05) is 0 Å². The van der Waals surface area contributed by atoms with Gasteiger partial charge in [-0.25, -0.2) is 9.07 Å². The molecule has 196 valence electrons. The summed E-state index contributed by atoms with van der Waals surface area (Å²) in [4.78, 5) is 26.0. The van der Waals surface area contributed by atoms with Crippen LogP contribution in [-0.2, 0) is 17.5 Å². The molecule has 0 unspecified atom stereocenters. The Kier molecular flexibility index (Phi) is 7.05. The van der Waals surface area contributed by atoms with Gasteiger partial charge >= 0.3 is 6.18 Å². The van der Waals surface area contributed by atoms with Gasteiger partial charge in [0.05, 0.1) is 24.3 Å². The molecule has 1 fully saturated rings. The summed E-state index contributed by atoms with van der Waals surface area (Å²) in [6.07, 6.45) is 1.08. The highest BCUT2D eigenvalue weighted by Gasteiger charge is 2.35. The Morgan fingerprint density at radius 3 is 2.65 bits per heavy atom. The van der Waals surface area contributed by atoms with Gasteiger partial charge in [0.15, 0.2) is 0 Å². The number of benzene rings is 1. The number of hydrogen-bond donors (Lipinski definition) is 2. The van der Waals surface area contributed by atoms with Gasteiger partial charge in [0.2, 0.25) is 5.91 Å². The molecule has 3 heterocycles. The molecule has 2 aromatic heterocycles. The van der Waals surface area contributed by atoms with E-state index in [-0.39, 0.29) is 41.1 Å². The van der Waals surface area contributed by atoms with Gasteiger partial charge in [0.1, 0.15) is 22.9 Å². The Hall–Kier alpha value is -4.16. The first-order valence-electron chi connectivity index (χ1n) is 11.5. The fraction of sp³-hybridized carbons (Fsp3) is 0.333. The SMILES string of the molecule is C=CC(=O)N1CCC[C@H](n2nc(-c3cnn(Cc4cccc(C(F)(F)F)c4F)c3)c(C(N)=O)c2N)CC1. The van der Waals surface area contributed by atoms with Crippen LogP contribution in [0.3, 0.4) is 0 Å². The number of alkyl halides is 3. The molecule has 2 amide bonds. The molecule has 0 bridgehead atoms. The normalized spacial score (nSPS) is 16.4. The highest BCUT2D eigenvalue weighted by Crippen LogP contribution is 2.34. The molecule has 13 heteroatoms. The van der Waals surface area contributed by atoms with Gasteiger partial charge < -0.3 is 16.4 Å². The molecule has 3 aromatic rings. The summed E-state index contributed by atoms with van der Waals surface area (Å²) in [7, 11) is 0. The Bertz CT molecular complexity index is 1350. The summed E-state index contributed by atoms with van der Waals surface area (Å²) < 4.78 is 56.4. The van der Waals surface area contributed by atoms with E-state index in [1.54, 1.807) is 4.90 Å². The summed E-state index contributed by atoms with van der Waals surface area (Å²) in [6.45, 7) is 4.24. The lowest BCUT2D eigenvalue weighted by molar-refractivity contribution is -0.140. The number of hydrogen-bond acceptors (Lipinski definition) is 5. The molecule has 37 heavy (non-hydrogen) atoms. The van der Waals surface area contributed by atoms with Crippen molar-refractivity contribution in [3.8, 4) is 11.3 Å². The molecule has 1 aliphatic rings. The van der Waals surface area contributed by atoms with Crippen molar-refractivity contribution in [2.75, 3.05) is 18.8 Å². The van der Waals surface area contributed by atoms with Crippen LogP contribution in [0, 0.1) is 5.82 Å². The van der Waals surface area contributed by atoms with Crippen molar-refractivity contribution in [2.24, 2.45) is 5.73 Å². The number of primary amides is 1. The van der Waals surface area contributed by atoms with Crippen molar-refractivity contribution in [3.05, 3.63) is 65.8 Å². The predicted molar refractivity (Wildman–Crippen MR) is 127 cm³/mol. The van der Waals surface area contributed by atoms with Crippen molar-refractivity contribution in [3.63, 3.8) is 0 Å². The maximum atomic E-state index is 14.5. The number of nitrogens with two attached hydrogens (primary N) is 2. The van der Waals surface area contributed by atoms with Gasteiger partial charge in [0.25, 0.3) is 5.91 Å². The lowest BCUT2D eigenvalue weighted by Crippen LogP contribution is -2.30. The van der Waals surface area contributed by atoms with Crippen LogP contribution in [0.2, 0.25) is 0 Å². The topological polar surface area (TPSA) is 125 Å². The van der Waals surface area contributed by atoms with Crippen LogP contribution < -0.4 is 11.5 Å². The lowest BCUT2D eigenvalue weighted by atomic mass is 10.1. The third-order valence-corrected chi connectivity index (χ3v) is 6.35. The number of rotatable bonds is 6. The zero-order valence-corrected chi connectivity index (χ0v) is 19.7. The third-order valence-electron chi connectivity index (χ3n) is 6.35. The highest BCUT2D eigenvalue weighted by atomic mass is 19.4. The molecule has 1 aliphatic heterocycles. The monoisotopic (exact) mass is 519 g/mol. The van der Waals surface area contributed by atoms with E-state index < -0.39 is 23.5 Å². The molecule has 4 rings (SSSR count). The minimum absolute atomic E-state index is 0.0203. The second kappa shape index (κ2) is 10.1. The van der Waals surface area contributed by atoms with E-state index in [9.17, 15) is 27.2 Å². The number of amides is 2. The van der Waals surface area contributed by atoms with Gasteiger partial charge in [-0.15, -0.1) is 0 Å². The van der Waals surface area contributed by atoms with Gasteiger partial charge in [0, 0.05) is 30.4 Å². The first-order chi connectivity index (χ1) is 17.5. The Labute approximate surface area is 209 Å². The third kappa shape index (κ3) is 5.20. The van der Waals surface area contributed by atoms with Crippen LogP contribution in [0.1, 0.15) is 46.8 Å². The second-order valence-electron chi connectivity index (χ2n) is 8.73. The largest absolute Gasteiger partial charge is 0.419 e. The van der Waals surface area contributed by atoms with Gasteiger partial charge in [-0.05, 0) is 31.4 Å². The molecule has 1 atom stereocenters. The smallest absolute Gasteiger partial charge is 0.383 e. The van der Waals surface area contributed by atoms with Crippen LogP contribution >= 0.6 is 0 Å². The molecule has 1 saturated heterocycles. The number of likely N-dealkylation sites (tertiary alicyclic amines) is 1. The number of carbonyl (C=O) groups excluding carboxylic acids is 2. The average Bonchev–Trinajstić information content (AvgIpc) is 3.35. The Morgan fingerprint density at radius 1 is 1.22 bits per heavy atom. The van der Waals surface area contributed by atoms with Crippen molar-refractivity contribution in [1.29, 1.82) is 0 Å². The standard InChI is InChI=1S/C24H25F4N7O2/c1-2-18(36)33-9-4-6-16(8-10-33)35-22(29)19(23(30)37)21(32-35)15-11-31-34(13-15)12-14-5-3-7-17(20(14)25)24(26,27)28/h2-3,5,7,11,13,16H,1,4,6,8-10,12,29H2,(H2,30,37)/t16-/m0/s1. The summed E-state index contributed by atoms with van der Waals surface area (Å²) in [6, 6.07) is 2.82. The molecule has 4 N–H and O–H groups in total. The van der Waals surface area contributed by atoms with E-state index in [0.717, 1.165) is 6.07 Å². The zero-order valence-electron chi connectivity index (χ0n) is 19.7. The first kappa shape index (κ1) is 25.9. The van der Waals surface area contributed by atoms with Crippen LogP contribution in [0.5, 0.6) is 0 Å². The fourth-order valence-electron chi connectivity index (χ4n) is 4.51. The number of aromatic nitrogens is 4. The van der Waals surface area contributed by atoms with Crippen LogP contribution in [0.15, 0.2) is 43.2 Å². The second-order valence-corrected chi connectivity index (χ2v) is 8.73. The number of halogens is 4. The summed E-state index contributed by atoms with van der Waals surface area (Å²) >= 11 is 0. The van der Waals surface area contributed by atoms with Crippen LogP contribution in [-0.4, -0.2) is 49.4 Å². The van der Waals surface area contributed by atoms with E-state index in [2.05, 4.69) is 16.8 Å². The zero-order chi connectivity index (χ0) is 26.9. The Balaban J connectivity index is 1.63. The van der Waals surface area contributed by atoms with Crippen molar-refractivity contribution in [1.82, 2.24) is 24.5 Å². The fourth-order valence-corrected chi connectivity index (χ4v) is 4.51. The summed E-state index contributed by atoms with van der Waals surface area (Å²) in [5.74, 6) is -2.30. The molecule has 1 aromatic carbocycles. The van der Waals surface area contributed by atoms with Crippen LogP contribution in [0.4, 0.5) is 23.4 Å². The lowest BCUT2D eigenvalue weighted by Gasteiger charge is -2.19. The molecule has 0 saturated carbocycles. The molecular formula is C24H25F4N7O2. The molecule has 0 aliphatic carbocycles. The van der Waals surface area contributed by atoms with Gasteiger partial charge in [-0.2, -0.15) is 23.4 Å². The van der Waals surface area contributed by atoms with Gasteiger partial charge in [-0.3, -0.25) is 14.3 Å². The van der Waals surface area contributed by atoms with Crippen LogP contribution in [0.25, 0.3) is 11.3 Å². The van der Waals surface area contributed by atoms with Crippen molar-refractivity contribution < 1.29 is 27.2 Å². The van der Waals surface area contributed by atoms with Crippen molar-refractivity contribution in [2.45, 2.75) is 38.0 Å². The predicted octanol–water partition coefficient (Wildman–Crippen LogP) is 3.37. The minimum atomic E-state index is -4.83. The van der Waals surface area contributed by atoms with E-state index in [1.165, 1.54) is 33.9 Å². The number of carbonyl (C=O) groups is 2. The minimum Gasteiger partial charge on any atom is -0.383 e.